The SMILES string of the molecule is C=Cn1ncc(CN(C)C(C)c2ccc(OC)cc2)c1C. The van der Waals surface area contributed by atoms with Gasteiger partial charge in [0.15, 0.2) is 0 Å². The van der Waals surface area contributed by atoms with E-state index in [9.17, 15) is 0 Å². The van der Waals surface area contributed by atoms with Crippen LogP contribution in [0.4, 0.5) is 0 Å². The Morgan fingerprint density at radius 1 is 1.38 bits per heavy atom. The lowest BCUT2D eigenvalue weighted by molar-refractivity contribution is 0.252. The third-order valence-electron chi connectivity index (χ3n) is 4.00. The summed E-state index contributed by atoms with van der Waals surface area (Å²) in [7, 11) is 3.81. The lowest BCUT2D eigenvalue weighted by atomic mass is 10.1. The van der Waals surface area contributed by atoms with Gasteiger partial charge in [-0.2, -0.15) is 5.10 Å². The molecule has 1 aromatic heterocycles. The summed E-state index contributed by atoms with van der Waals surface area (Å²) in [5, 5.41) is 4.30. The molecule has 0 aliphatic rings. The lowest BCUT2D eigenvalue weighted by Gasteiger charge is -2.25. The highest BCUT2D eigenvalue weighted by Crippen LogP contribution is 2.23. The lowest BCUT2D eigenvalue weighted by Crippen LogP contribution is -2.22. The molecule has 1 aromatic carbocycles. The van der Waals surface area contributed by atoms with Crippen LogP contribution < -0.4 is 4.74 Å². The highest BCUT2D eigenvalue weighted by atomic mass is 16.5. The van der Waals surface area contributed by atoms with Gasteiger partial charge in [-0.1, -0.05) is 18.7 Å². The summed E-state index contributed by atoms with van der Waals surface area (Å²) in [6, 6.07) is 8.55. The van der Waals surface area contributed by atoms with Gasteiger partial charge in [0.2, 0.25) is 0 Å². The van der Waals surface area contributed by atoms with Crippen molar-refractivity contribution in [2.24, 2.45) is 0 Å². The highest BCUT2D eigenvalue weighted by molar-refractivity contribution is 5.29. The van der Waals surface area contributed by atoms with Crippen molar-refractivity contribution < 1.29 is 4.74 Å². The van der Waals surface area contributed by atoms with E-state index in [0.29, 0.717) is 6.04 Å². The molecule has 0 saturated carbocycles. The summed E-state index contributed by atoms with van der Waals surface area (Å²) in [5.74, 6) is 0.886. The zero-order chi connectivity index (χ0) is 15.4. The van der Waals surface area contributed by atoms with Crippen LogP contribution >= 0.6 is 0 Å². The molecule has 21 heavy (non-hydrogen) atoms. The number of nitrogens with zero attached hydrogens (tertiary/aromatic N) is 3. The molecule has 1 unspecified atom stereocenters. The zero-order valence-electron chi connectivity index (χ0n) is 13.2. The van der Waals surface area contributed by atoms with Crippen molar-refractivity contribution in [1.82, 2.24) is 14.7 Å². The Labute approximate surface area is 126 Å². The van der Waals surface area contributed by atoms with Gasteiger partial charge >= 0.3 is 0 Å². The second-order valence-corrected chi connectivity index (χ2v) is 5.25. The van der Waals surface area contributed by atoms with E-state index in [-0.39, 0.29) is 0 Å². The predicted octanol–water partition coefficient (Wildman–Crippen LogP) is 3.49. The first-order valence-corrected chi connectivity index (χ1v) is 7.06. The van der Waals surface area contributed by atoms with E-state index in [4.69, 9.17) is 4.74 Å². The molecule has 0 amide bonds. The van der Waals surface area contributed by atoms with E-state index in [1.165, 1.54) is 11.1 Å². The van der Waals surface area contributed by atoms with Gasteiger partial charge in [0.1, 0.15) is 5.75 Å². The highest BCUT2D eigenvalue weighted by Gasteiger charge is 2.14. The Morgan fingerprint density at radius 2 is 2.05 bits per heavy atom. The Balaban J connectivity index is 2.09. The van der Waals surface area contributed by atoms with Crippen LogP contribution in [0.5, 0.6) is 5.75 Å². The first-order chi connectivity index (χ1) is 10.1. The largest absolute Gasteiger partial charge is 0.497 e. The molecule has 2 aromatic rings. The maximum atomic E-state index is 5.20. The van der Waals surface area contributed by atoms with Crippen molar-refractivity contribution in [2.45, 2.75) is 26.4 Å². The van der Waals surface area contributed by atoms with E-state index < -0.39 is 0 Å². The number of hydrogen-bond acceptors (Lipinski definition) is 3. The Kier molecular flexibility index (Phi) is 4.81. The van der Waals surface area contributed by atoms with Gasteiger partial charge in [0.05, 0.1) is 13.3 Å². The van der Waals surface area contributed by atoms with Crippen LogP contribution in [0.25, 0.3) is 6.20 Å². The fraction of sp³-hybridized carbons (Fsp3) is 0.353. The van der Waals surface area contributed by atoms with Crippen LogP contribution in [0.2, 0.25) is 0 Å². The molecule has 0 aliphatic carbocycles. The monoisotopic (exact) mass is 285 g/mol. The molecule has 0 fully saturated rings. The minimum absolute atomic E-state index is 0.322. The molecule has 0 aliphatic heterocycles. The molecule has 4 heteroatoms. The Morgan fingerprint density at radius 3 is 2.57 bits per heavy atom. The van der Waals surface area contributed by atoms with Crippen LogP contribution in [-0.4, -0.2) is 28.8 Å². The maximum absolute atomic E-state index is 5.20. The van der Waals surface area contributed by atoms with Gasteiger partial charge in [-0.25, -0.2) is 4.68 Å². The molecular formula is C17H23N3O. The normalized spacial score (nSPS) is 12.4. The summed E-state index contributed by atoms with van der Waals surface area (Å²) < 4.78 is 7.01. The number of aromatic nitrogens is 2. The predicted molar refractivity (Wildman–Crippen MR) is 86.2 cm³/mol. The van der Waals surface area contributed by atoms with Crippen LogP contribution in [-0.2, 0) is 6.54 Å². The van der Waals surface area contributed by atoms with Gasteiger partial charge in [-0.05, 0) is 38.6 Å². The second kappa shape index (κ2) is 6.59. The van der Waals surface area contributed by atoms with E-state index in [0.717, 1.165) is 18.0 Å². The van der Waals surface area contributed by atoms with Gasteiger partial charge in [0.25, 0.3) is 0 Å². The number of rotatable bonds is 6. The van der Waals surface area contributed by atoms with Gasteiger partial charge in [-0.3, -0.25) is 4.90 Å². The van der Waals surface area contributed by atoms with Crippen molar-refractivity contribution in [3.05, 3.63) is 53.9 Å². The third kappa shape index (κ3) is 3.34. The molecule has 1 atom stereocenters. The molecule has 0 saturated heterocycles. The van der Waals surface area contributed by atoms with Crippen molar-refractivity contribution >= 4 is 6.20 Å². The fourth-order valence-electron chi connectivity index (χ4n) is 2.34. The average molecular weight is 285 g/mol. The van der Waals surface area contributed by atoms with Crippen molar-refractivity contribution in [2.75, 3.05) is 14.2 Å². The zero-order valence-corrected chi connectivity index (χ0v) is 13.2. The summed E-state index contributed by atoms with van der Waals surface area (Å²) in [6.07, 6.45) is 3.64. The molecule has 0 bridgehead atoms. The maximum Gasteiger partial charge on any atom is 0.118 e. The molecule has 0 radical (unpaired) electrons. The van der Waals surface area contributed by atoms with Crippen molar-refractivity contribution in [3.8, 4) is 5.75 Å². The van der Waals surface area contributed by atoms with Gasteiger partial charge in [0, 0.05) is 30.0 Å². The van der Waals surface area contributed by atoms with Crippen LogP contribution in [0.15, 0.2) is 37.0 Å². The molecular weight excluding hydrogens is 262 g/mol. The molecule has 2 rings (SSSR count). The van der Waals surface area contributed by atoms with Crippen molar-refractivity contribution in [1.29, 1.82) is 0 Å². The topological polar surface area (TPSA) is 30.3 Å². The first kappa shape index (κ1) is 15.3. The molecule has 1 heterocycles. The van der Waals surface area contributed by atoms with E-state index in [1.54, 1.807) is 18.0 Å². The van der Waals surface area contributed by atoms with E-state index in [2.05, 4.69) is 49.6 Å². The second-order valence-electron chi connectivity index (χ2n) is 5.25. The molecule has 4 nitrogen and oxygen atoms in total. The molecule has 112 valence electrons. The number of methoxy groups -OCH3 is 1. The Hall–Kier alpha value is -2.07. The van der Waals surface area contributed by atoms with E-state index >= 15 is 0 Å². The minimum Gasteiger partial charge on any atom is -0.497 e. The quantitative estimate of drug-likeness (QED) is 0.814. The number of benzene rings is 1. The van der Waals surface area contributed by atoms with Crippen LogP contribution in [0.1, 0.15) is 29.8 Å². The average Bonchev–Trinajstić information content (AvgIpc) is 2.87. The summed E-state index contributed by atoms with van der Waals surface area (Å²) in [4.78, 5) is 2.30. The standard InChI is InChI=1S/C17H23N3O/c1-6-20-14(3)16(11-18-20)12-19(4)13(2)15-7-9-17(21-5)10-8-15/h6-11,13H,1,12H2,2-5H3. The summed E-state index contributed by atoms with van der Waals surface area (Å²) in [6.45, 7) is 8.88. The van der Waals surface area contributed by atoms with Gasteiger partial charge in [-0.15, -0.1) is 0 Å². The van der Waals surface area contributed by atoms with Crippen LogP contribution in [0, 0.1) is 6.92 Å². The minimum atomic E-state index is 0.322. The third-order valence-corrected chi connectivity index (χ3v) is 4.00. The number of hydrogen-bond donors (Lipinski definition) is 0. The summed E-state index contributed by atoms with van der Waals surface area (Å²) >= 11 is 0. The number of ether oxygens (including phenoxy) is 1. The van der Waals surface area contributed by atoms with Crippen LogP contribution in [0.3, 0.4) is 0 Å². The van der Waals surface area contributed by atoms with Gasteiger partial charge < -0.3 is 4.74 Å². The summed E-state index contributed by atoms with van der Waals surface area (Å²) in [5.41, 5.74) is 3.63. The Bertz CT molecular complexity index is 601. The van der Waals surface area contributed by atoms with E-state index in [1.807, 2.05) is 18.3 Å². The molecule has 0 N–H and O–H groups in total. The van der Waals surface area contributed by atoms with Crippen molar-refractivity contribution in [3.63, 3.8) is 0 Å². The molecule has 0 spiro atoms. The first-order valence-electron chi connectivity index (χ1n) is 7.06. The fourth-order valence-corrected chi connectivity index (χ4v) is 2.34. The smallest absolute Gasteiger partial charge is 0.118 e.